The molecule has 0 aliphatic heterocycles. The van der Waals surface area contributed by atoms with E-state index in [4.69, 9.17) is 5.73 Å². The van der Waals surface area contributed by atoms with Gasteiger partial charge in [-0.1, -0.05) is 63.2 Å². The predicted octanol–water partition coefficient (Wildman–Crippen LogP) is 3.02. The van der Waals surface area contributed by atoms with Gasteiger partial charge in [-0.2, -0.15) is 0 Å². The summed E-state index contributed by atoms with van der Waals surface area (Å²) in [4.78, 5) is 24.9. The van der Waals surface area contributed by atoms with Crippen LogP contribution in [-0.2, 0) is 16.0 Å². The molecule has 168 valence electrons. The van der Waals surface area contributed by atoms with Gasteiger partial charge >= 0.3 is 0 Å². The molecule has 0 aliphatic carbocycles. The quantitative estimate of drug-likeness (QED) is 0.444. The van der Waals surface area contributed by atoms with Crippen LogP contribution in [-0.4, -0.2) is 35.5 Å². The molecule has 0 saturated carbocycles. The molecule has 2 aromatic carbocycles. The Hall–Kier alpha value is -2.86. The normalized spacial score (nSPS) is 14.1. The lowest BCUT2D eigenvalue weighted by Crippen LogP contribution is -2.54. The number of aromatic hydroxyl groups is 1. The molecule has 0 aliphatic rings. The smallest absolute Gasteiger partial charge is 0.240 e. The molecule has 0 heterocycles. The fourth-order valence-electron chi connectivity index (χ4n) is 3.60. The number of hydrogen-bond donors (Lipinski definition) is 4. The summed E-state index contributed by atoms with van der Waals surface area (Å²) in [5.41, 5.74) is 8.36. The highest BCUT2D eigenvalue weighted by Crippen LogP contribution is 2.19. The topological polar surface area (TPSA) is 104 Å². The van der Waals surface area contributed by atoms with E-state index in [0.717, 1.165) is 12.0 Å². The summed E-state index contributed by atoms with van der Waals surface area (Å²) in [6, 6.07) is 14.1. The van der Waals surface area contributed by atoms with E-state index in [1.165, 1.54) is 5.56 Å². The zero-order valence-corrected chi connectivity index (χ0v) is 18.9. The van der Waals surface area contributed by atoms with E-state index in [0.29, 0.717) is 18.0 Å². The third-order valence-electron chi connectivity index (χ3n) is 5.62. The Labute approximate surface area is 185 Å². The van der Waals surface area contributed by atoms with Crippen LogP contribution in [0.5, 0.6) is 5.75 Å². The number of rotatable bonds is 11. The van der Waals surface area contributed by atoms with Gasteiger partial charge in [0.1, 0.15) is 11.8 Å². The van der Waals surface area contributed by atoms with Gasteiger partial charge < -0.3 is 21.5 Å². The van der Waals surface area contributed by atoms with Crippen LogP contribution in [0.1, 0.15) is 49.8 Å². The molecule has 6 heteroatoms. The van der Waals surface area contributed by atoms with Crippen LogP contribution in [0.25, 0.3) is 0 Å². The monoisotopic (exact) mass is 425 g/mol. The number of carbonyl (C=O) groups is 2. The van der Waals surface area contributed by atoms with Gasteiger partial charge in [0.25, 0.3) is 0 Å². The second-order valence-electron chi connectivity index (χ2n) is 8.56. The summed E-state index contributed by atoms with van der Waals surface area (Å²) >= 11 is 0. The lowest BCUT2D eigenvalue weighted by Gasteiger charge is -2.25. The largest absolute Gasteiger partial charge is 0.508 e. The van der Waals surface area contributed by atoms with Crippen molar-refractivity contribution in [1.29, 1.82) is 0 Å². The number of amides is 2. The van der Waals surface area contributed by atoms with Gasteiger partial charge in [-0.25, -0.2) is 0 Å². The van der Waals surface area contributed by atoms with Crippen molar-refractivity contribution >= 4 is 11.8 Å². The number of aryl methyl sites for hydroxylation is 1. The van der Waals surface area contributed by atoms with Crippen LogP contribution < -0.4 is 16.4 Å². The molecule has 0 spiro atoms. The van der Waals surface area contributed by atoms with Crippen LogP contribution in [0.2, 0.25) is 0 Å². The number of carbonyl (C=O) groups excluding carboxylic acids is 2. The Morgan fingerprint density at radius 1 is 1.06 bits per heavy atom. The summed E-state index contributed by atoms with van der Waals surface area (Å²) in [6.07, 6.45) is 1.17. The van der Waals surface area contributed by atoms with Crippen LogP contribution in [0.15, 0.2) is 48.5 Å². The Morgan fingerprint density at radius 2 is 1.74 bits per heavy atom. The maximum atomic E-state index is 12.9. The summed E-state index contributed by atoms with van der Waals surface area (Å²) < 4.78 is 0. The second-order valence-corrected chi connectivity index (χ2v) is 8.56. The van der Waals surface area contributed by atoms with Crippen molar-refractivity contribution in [3.8, 4) is 5.75 Å². The highest BCUT2D eigenvalue weighted by molar-refractivity contribution is 5.89. The minimum atomic E-state index is -0.817. The van der Waals surface area contributed by atoms with E-state index in [2.05, 4.69) is 29.7 Å². The number of nitrogens with one attached hydrogen (secondary N) is 2. The van der Waals surface area contributed by atoms with Crippen LogP contribution in [0.4, 0.5) is 0 Å². The SMILES string of the molecule is Cc1cc(C[C@H](NC(=O)[C@@H](NCCC(C)c2ccccc2)C(C)C)C(N)=O)ccc1O. The van der Waals surface area contributed by atoms with Crippen molar-refractivity contribution in [3.05, 3.63) is 65.2 Å². The summed E-state index contributed by atoms with van der Waals surface area (Å²) in [5.74, 6) is -0.199. The molecule has 2 aromatic rings. The van der Waals surface area contributed by atoms with E-state index in [1.54, 1.807) is 25.1 Å². The molecule has 0 aromatic heterocycles. The molecular formula is C25H35N3O3. The Kier molecular flexibility index (Phi) is 9.06. The molecule has 31 heavy (non-hydrogen) atoms. The van der Waals surface area contributed by atoms with Crippen molar-refractivity contribution in [2.75, 3.05) is 6.54 Å². The van der Waals surface area contributed by atoms with Crippen molar-refractivity contribution in [2.45, 2.75) is 58.5 Å². The number of phenolic OH excluding ortho intramolecular Hbond substituents is 1. The summed E-state index contributed by atoms with van der Waals surface area (Å²) in [6.45, 7) is 8.59. The molecule has 3 atom stereocenters. The third kappa shape index (κ3) is 7.40. The third-order valence-corrected chi connectivity index (χ3v) is 5.62. The first kappa shape index (κ1) is 24.4. The van der Waals surface area contributed by atoms with Gasteiger partial charge in [0.05, 0.1) is 6.04 Å². The highest BCUT2D eigenvalue weighted by atomic mass is 16.3. The number of hydrogen-bond acceptors (Lipinski definition) is 4. The molecule has 5 N–H and O–H groups in total. The number of nitrogens with two attached hydrogens (primary N) is 1. The standard InChI is InChI=1S/C25H35N3O3/c1-16(2)23(27-13-12-17(3)20-8-6-5-7-9-20)25(31)28-21(24(26)30)15-19-10-11-22(29)18(4)14-19/h5-11,14,16-17,21,23,27,29H,12-13,15H2,1-4H3,(H2,26,30)(H,28,31)/t17?,21-,23-/m0/s1. The Bertz CT molecular complexity index is 868. The van der Waals surface area contributed by atoms with Crippen molar-refractivity contribution in [3.63, 3.8) is 0 Å². The van der Waals surface area contributed by atoms with Gasteiger partial charge in [-0.15, -0.1) is 0 Å². The first-order chi connectivity index (χ1) is 14.7. The molecular weight excluding hydrogens is 390 g/mol. The van der Waals surface area contributed by atoms with Crippen LogP contribution in [0, 0.1) is 12.8 Å². The van der Waals surface area contributed by atoms with E-state index >= 15 is 0 Å². The van der Waals surface area contributed by atoms with E-state index in [1.807, 2.05) is 32.0 Å². The average Bonchev–Trinajstić information content (AvgIpc) is 2.73. The first-order valence-corrected chi connectivity index (χ1v) is 10.9. The van der Waals surface area contributed by atoms with Gasteiger partial charge in [-0.05, 0) is 54.5 Å². The van der Waals surface area contributed by atoms with Gasteiger partial charge in [0, 0.05) is 6.42 Å². The highest BCUT2D eigenvalue weighted by Gasteiger charge is 2.26. The lowest BCUT2D eigenvalue weighted by atomic mass is 9.97. The number of phenols is 1. The first-order valence-electron chi connectivity index (χ1n) is 10.9. The van der Waals surface area contributed by atoms with E-state index in [9.17, 15) is 14.7 Å². The van der Waals surface area contributed by atoms with Crippen LogP contribution in [0.3, 0.4) is 0 Å². The van der Waals surface area contributed by atoms with Crippen molar-refractivity contribution in [2.24, 2.45) is 11.7 Å². The molecule has 6 nitrogen and oxygen atoms in total. The van der Waals surface area contributed by atoms with Gasteiger partial charge in [-0.3, -0.25) is 9.59 Å². The molecule has 0 fully saturated rings. The van der Waals surface area contributed by atoms with Gasteiger partial charge in [0.15, 0.2) is 0 Å². The maximum Gasteiger partial charge on any atom is 0.240 e. The minimum absolute atomic E-state index is 0.0523. The number of benzene rings is 2. The van der Waals surface area contributed by atoms with E-state index in [-0.39, 0.29) is 24.0 Å². The molecule has 2 amide bonds. The maximum absolute atomic E-state index is 12.9. The average molecular weight is 426 g/mol. The zero-order valence-electron chi connectivity index (χ0n) is 18.9. The minimum Gasteiger partial charge on any atom is -0.508 e. The molecule has 0 saturated heterocycles. The van der Waals surface area contributed by atoms with Crippen molar-refractivity contribution in [1.82, 2.24) is 10.6 Å². The number of primary amides is 1. The fraction of sp³-hybridized carbons (Fsp3) is 0.440. The van der Waals surface area contributed by atoms with Crippen molar-refractivity contribution < 1.29 is 14.7 Å². The fourth-order valence-corrected chi connectivity index (χ4v) is 3.60. The lowest BCUT2D eigenvalue weighted by molar-refractivity contribution is -0.129. The Balaban J connectivity index is 1.96. The van der Waals surface area contributed by atoms with Gasteiger partial charge in [0.2, 0.25) is 11.8 Å². The predicted molar refractivity (Wildman–Crippen MR) is 124 cm³/mol. The molecule has 0 radical (unpaired) electrons. The molecule has 2 rings (SSSR count). The summed E-state index contributed by atoms with van der Waals surface area (Å²) in [7, 11) is 0. The molecule has 1 unspecified atom stereocenters. The Morgan fingerprint density at radius 3 is 2.32 bits per heavy atom. The van der Waals surface area contributed by atoms with E-state index < -0.39 is 18.0 Å². The zero-order chi connectivity index (χ0) is 23.0. The summed E-state index contributed by atoms with van der Waals surface area (Å²) in [5, 5.41) is 15.8. The van der Waals surface area contributed by atoms with Crippen LogP contribution >= 0.6 is 0 Å². The second kappa shape index (κ2) is 11.5. The molecule has 0 bridgehead atoms.